The van der Waals surface area contributed by atoms with Gasteiger partial charge in [-0.05, 0) is 36.1 Å². The van der Waals surface area contributed by atoms with Crippen molar-refractivity contribution in [2.45, 2.75) is 33.1 Å². The monoisotopic (exact) mass is 356 g/mol. The summed E-state index contributed by atoms with van der Waals surface area (Å²) in [6.45, 7) is 4.22. The molecule has 2 rings (SSSR count). The van der Waals surface area contributed by atoms with Crippen LogP contribution in [0, 0.1) is 5.82 Å². The third-order valence-corrected chi connectivity index (χ3v) is 4.28. The van der Waals surface area contributed by atoms with E-state index in [1.807, 2.05) is 31.2 Å². The third kappa shape index (κ3) is 5.41. The summed E-state index contributed by atoms with van der Waals surface area (Å²) < 4.78 is 13.6. The Morgan fingerprint density at radius 2 is 1.69 bits per heavy atom. The number of anilines is 1. The third-order valence-electron chi connectivity index (χ3n) is 4.28. The molecule has 0 aliphatic heterocycles. The predicted octanol–water partition coefficient (Wildman–Crippen LogP) is 3.49. The number of para-hydroxylation sites is 1. The lowest BCUT2D eigenvalue weighted by Gasteiger charge is -2.23. The highest BCUT2D eigenvalue weighted by Gasteiger charge is 2.15. The lowest BCUT2D eigenvalue weighted by atomic mass is 10.1. The lowest BCUT2D eigenvalue weighted by molar-refractivity contribution is -0.121. The molecular formula is C21H25FN2O2. The van der Waals surface area contributed by atoms with Crippen LogP contribution in [0.1, 0.15) is 31.4 Å². The standard InChI is InChI=1S/C21H25FN2O2/c1-3-17-8-5-7-11-20(17)24(16(2)25)15-13-21(26)23-14-12-18-9-4-6-10-19(18)22/h4-11H,3,12-15H2,1-2H3,(H,23,26). The molecule has 4 nitrogen and oxygen atoms in total. The average Bonchev–Trinajstić information content (AvgIpc) is 2.63. The van der Waals surface area contributed by atoms with Crippen molar-refractivity contribution < 1.29 is 14.0 Å². The molecule has 0 radical (unpaired) electrons. The number of amides is 2. The SMILES string of the molecule is CCc1ccccc1N(CCC(=O)NCCc1ccccc1F)C(C)=O. The van der Waals surface area contributed by atoms with Gasteiger partial charge in [-0.25, -0.2) is 4.39 Å². The molecule has 0 bridgehead atoms. The zero-order valence-corrected chi connectivity index (χ0v) is 15.3. The Kier molecular flexibility index (Phi) is 7.33. The van der Waals surface area contributed by atoms with E-state index >= 15 is 0 Å². The Labute approximate surface area is 154 Å². The molecule has 0 heterocycles. The van der Waals surface area contributed by atoms with Gasteiger partial charge in [0.1, 0.15) is 5.82 Å². The second-order valence-corrected chi connectivity index (χ2v) is 6.09. The first kappa shape index (κ1) is 19.6. The number of nitrogens with zero attached hydrogens (tertiary/aromatic N) is 1. The number of halogens is 1. The normalized spacial score (nSPS) is 10.4. The van der Waals surface area contributed by atoms with E-state index in [9.17, 15) is 14.0 Å². The Balaban J connectivity index is 1.88. The van der Waals surface area contributed by atoms with Crippen LogP contribution in [0.5, 0.6) is 0 Å². The van der Waals surface area contributed by atoms with Crippen molar-refractivity contribution in [3.8, 4) is 0 Å². The summed E-state index contributed by atoms with van der Waals surface area (Å²) in [6.07, 6.45) is 1.46. The van der Waals surface area contributed by atoms with Crippen LogP contribution in [0.4, 0.5) is 10.1 Å². The number of benzene rings is 2. The van der Waals surface area contributed by atoms with Gasteiger partial charge in [0.2, 0.25) is 11.8 Å². The maximum atomic E-state index is 13.6. The van der Waals surface area contributed by atoms with E-state index in [4.69, 9.17) is 0 Å². The van der Waals surface area contributed by atoms with Gasteiger partial charge < -0.3 is 10.2 Å². The number of aryl methyl sites for hydroxylation is 1. The molecule has 0 saturated heterocycles. The van der Waals surface area contributed by atoms with Crippen LogP contribution in [0.3, 0.4) is 0 Å². The maximum Gasteiger partial charge on any atom is 0.223 e. The molecule has 0 atom stereocenters. The molecule has 26 heavy (non-hydrogen) atoms. The van der Waals surface area contributed by atoms with Crippen molar-refractivity contribution in [3.05, 3.63) is 65.5 Å². The van der Waals surface area contributed by atoms with Crippen LogP contribution < -0.4 is 10.2 Å². The zero-order valence-electron chi connectivity index (χ0n) is 15.3. The summed E-state index contributed by atoms with van der Waals surface area (Å²) in [6, 6.07) is 14.2. The molecular weight excluding hydrogens is 331 g/mol. The molecule has 2 amide bonds. The minimum atomic E-state index is -0.263. The van der Waals surface area contributed by atoms with E-state index in [-0.39, 0.29) is 24.1 Å². The van der Waals surface area contributed by atoms with Crippen LogP contribution in [-0.4, -0.2) is 24.9 Å². The fourth-order valence-corrected chi connectivity index (χ4v) is 2.86. The minimum Gasteiger partial charge on any atom is -0.356 e. The molecule has 5 heteroatoms. The van der Waals surface area contributed by atoms with Crippen molar-refractivity contribution in [2.75, 3.05) is 18.0 Å². The Morgan fingerprint density at radius 1 is 1.04 bits per heavy atom. The van der Waals surface area contributed by atoms with Crippen molar-refractivity contribution in [2.24, 2.45) is 0 Å². The number of hydrogen-bond acceptors (Lipinski definition) is 2. The van der Waals surface area contributed by atoms with Crippen molar-refractivity contribution in [1.29, 1.82) is 0 Å². The highest BCUT2D eigenvalue weighted by molar-refractivity contribution is 5.93. The molecule has 0 unspecified atom stereocenters. The molecule has 0 aliphatic carbocycles. The molecule has 2 aromatic rings. The lowest BCUT2D eigenvalue weighted by Crippen LogP contribution is -2.35. The van der Waals surface area contributed by atoms with E-state index < -0.39 is 0 Å². The van der Waals surface area contributed by atoms with Gasteiger partial charge in [-0.3, -0.25) is 9.59 Å². The summed E-state index contributed by atoms with van der Waals surface area (Å²) in [7, 11) is 0. The van der Waals surface area contributed by atoms with Gasteiger partial charge in [-0.15, -0.1) is 0 Å². The fourth-order valence-electron chi connectivity index (χ4n) is 2.86. The maximum absolute atomic E-state index is 13.6. The van der Waals surface area contributed by atoms with Gasteiger partial charge in [0, 0.05) is 32.1 Å². The molecule has 0 aliphatic rings. The first-order valence-electron chi connectivity index (χ1n) is 8.89. The van der Waals surface area contributed by atoms with Crippen LogP contribution >= 0.6 is 0 Å². The molecule has 138 valence electrons. The van der Waals surface area contributed by atoms with Crippen LogP contribution in [0.25, 0.3) is 0 Å². The molecule has 0 saturated carbocycles. The van der Waals surface area contributed by atoms with E-state index in [0.29, 0.717) is 25.1 Å². The van der Waals surface area contributed by atoms with Gasteiger partial charge in [0.15, 0.2) is 0 Å². The number of carbonyl (C=O) groups is 2. The number of rotatable bonds is 8. The Bertz CT molecular complexity index is 761. The van der Waals surface area contributed by atoms with Crippen LogP contribution in [0.2, 0.25) is 0 Å². The van der Waals surface area contributed by atoms with E-state index in [1.54, 1.807) is 23.1 Å². The highest BCUT2D eigenvalue weighted by atomic mass is 19.1. The minimum absolute atomic E-state index is 0.0925. The topological polar surface area (TPSA) is 49.4 Å². The Morgan fingerprint density at radius 3 is 2.35 bits per heavy atom. The molecule has 0 aromatic heterocycles. The summed E-state index contributed by atoms with van der Waals surface area (Å²) in [4.78, 5) is 25.7. The van der Waals surface area contributed by atoms with E-state index in [1.165, 1.54) is 13.0 Å². The summed E-state index contributed by atoms with van der Waals surface area (Å²) >= 11 is 0. The highest BCUT2D eigenvalue weighted by Crippen LogP contribution is 2.21. The summed E-state index contributed by atoms with van der Waals surface area (Å²) in [5.74, 6) is -0.507. The molecule has 0 fully saturated rings. The average molecular weight is 356 g/mol. The van der Waals surface area contributed by atoms with E-state index in [0.717, 1.165) is 17.7 Å². The van der Waals surface area contributed by atoms with Crippen LogP contribution in [0.15, 0.2) is 48.5 Å². The Hall–Kier alpha value is -2.69. The molecule has 2 aromatic carbocycles. The van der Waals surface area contributed by atoms with Crippen LogP contribution in [-0.2, 0) is 22.4 Å². The van der Waals surface area contributed by atoms with Gasteiger partial charge >= 0.3 is 0 Å². The number of nitrogens with one attached hydrogen (secondary N) is 1. The van der Waals surface area contributed by atoms with Gasteiger partial charge in [0.25, 0.3) is 0 Å². The van der Waals surface area contributed by atoms with Gasteiger partial charge in [-0.2, -0.15) is 0 Å². The van der Waals surface area contributed by atoms with Crippen molar-refractivity contribution in [1.82, 2.24) is 5.32 Å². The first-order valence-corrected chi connectivity index (χ1v) is 8.89. The van der Waals surface area contributed by atoms with Gasteiger partial charge in [0.05, 0.1) is 0 Å². The summed E-state index contributed by atoms with van der Waals surface area (Å²) in [5.41, 5.74) is 2.50. The van der Waals surface area contributed by atoms with Crippen molar-refractivity contribution in [3.63, 3.8) is 0 Å². The molecule has 0 spiro atoms. The number of hydrogen-bond donors (Lipinski definition) is 1. The quantitative estimate of drug-likeness (QED) is 0.787. The number of carbonyl (C=O) groups excluding carboxylic acids is 2. The second kappa shape index (κ2) is 9.70. The first-order chi connectivity index (χ1) is 12.5. The smallest absolute Gasteiger partial charge is 0.223 e. The van der Waals surface area contributed by atoms with Crippen molar-refractivity contribution >= 4 is 17.5 Å². The second-order valence-electron chi connectivity index (χ2n) is 6.09. The largest absolute Gasteiger partial charge is 0.356 e. The predicted molar refractivity (Wildman–Crippen MR) is 102 cm³/mol. The summed E-state index contributed by atoms with van der Waals surface area (Å²) in [5, 5.41) is 2.79. The van der Waals surface area contributed by atoms with Gasteiger partial charge in [-0.1, -0.05) is 43.3 Å². The van der Waals surface area contributed by atoms with E-state index in [2.05, 4.69) is 5.32 Å². The molecule has 1 N–H and O–H groups in total. The zero-order chi connectivity index (χ0) is 18.9. The fraction of sp³-hybridized carbons (Fsp3) is 0.333.